The van der Waals surface area contributed by atoms with Crippen molar-refractivity contribution in [1.29, 1.82) is 0 Å². The van der Waals surface area contributed by atoms with Crippen molar-refractivity contribution in [3.8, 4) is 0 Å². The quantitative estimate of drug-likeness (QED) is 0.127. The summed E-state index contributed by atoms with van der Waals surface area (Å²) in [5, 5.41) is 46.0. The third kappa shape index (κ3) is 8.01. The van der Waals surface area contributed by atoms with Crippen molar-refractivity contribution >= 4 is 11.8 Å². The SMILES string of the molecule is CCC1C(O)C(OC2C(N)CC(N)C(OC3OC(CNC(=O)OCc4ccc([N+](=O)[O-])cc4)=CCC3N)C2O)OCC1(C)O. The minimum atomic E-state index is -1.33. The van der Waals surface area contributed by atoms with E-state index in [0.29, 0.717) is 24.2 Å². The van der Waals surface area contributed by atoms with E-state index in [4.69, 9.17) is 40.9 Å². The maximum Gasteiger partial charge on any atom is 0.407 e. The summed E-state index contributed by atoms with van der Waals surface area (Å²) >= 11 is 0. The zero-order valence-corrected chi connectivity index (χ0v) is 24.7. The summed E-state index contributed by atoms with van der Waals surface area (Å²) in [5.74, 6) is -0.164. The Hall–Kier alpha value is -2.93. The van der Waals surface area contributed by atoms with Crippen LogP contribution in [0.15, 0.2) is 36.1 Å². The molecule has 16 nitrogen and oxygen atoms in total. The van der Waals surface area contributed by atoms with Crippen LogP contribution >= 0.6 is 0 Å². The number of ether oxygens (including phenoxy) is 5. The molecule has 0 radical (unpaired) electrons. The number of benzene rings is 1. The van der Waals surface area contributed by atoms with Gasteiger partial charge < -0.3 is 61.5 Å². The molecule has 1 aliphatic carbocycles. The number of hydrogen-bond donors (Lipinski definition) is 7. The number of aliphatic hydroxyl groups is 3. The van der Waals surface area contributed by atoms with Crippen molar-refractivity contribution in [3.63, 3.8) is 0 Å². The van der Waals surface area contributed by atoms with E-state index in [-0.39, 0.29) is 31.9 Å². The van der Waals surface area contributed by atoms with Gasteiger partial charge in [-0.3, -0.25) is 10.1 Å². The smallest absolute Gasteiger partial charge is 0.407 e. The molecule has 44 heavy (non-hydrogen) atoms. The highest BCUT2D eigenvalue weighted by molar-refractivity contribution is 5.67. The Morgan fingerprint density at radius 1 is 1.09 bits per heavy atom. The van der Waals surface area contributed by atoms with Crippen molar-refractivity contribution in [2.45, 2.75) is 100 Å². The first-order valence-corrected chi connectivity index (χ1v) is 14.6. The highest BCUT2D eigenvalue weighted by Crippen LogP contribution is 2.35. The molecule has 0 spiro atoms. The van der Waals surface area contributed by atoms with Crippen molar-refractivity contribution in [2.24, 2.45) is 23.1 Å². The van der Waals surface area contributed by atoms with Crippen LogP contribution in [-0.2, 0) is 30.3 Å². The molecule has 246 valence electrons. The van der Waals surface area contributed by atoms with E-state index in [2.05, 4.69) is 5.32 Å². The summed E-state index contributed by atoms with van der Waals surface area (Å²) < 4.78 is 28.7. The number of rotatable bonds is 10. The first-order chi connectivity index (χ1) is 20.8. The number of nitrogens with one attached hydrogen (secondary N) is 1. The zero-order valence-electron chi connectivity index (χ0n) is 24.7. The van der Waals surface area contributed by atoms with Crippen LogP contribution in [0.5, 0.6) is 0 Å². The lowest BCUT2D eigenvalue weighted by atomic mass is 9.80. The van der Waals surface area contributed by atoms with Gasteiger partial charge in [0.1, 0.15) is 36.8 Å². The van der Waals surface area contributed by atoms with E-state index >= 15 is 0 Å². The molecule has 2 aliphatic heterocycles. The Labute approximate surface area is 254 Å². The Bertz CT molecular complexity index is 1170. The number of alkyl carbamates (subject to hydrolysis) is 1. The molecule has 10 N–H and O–H groups in total. The van der Waals surface area contributed by atoms with Gasteiger partial charge >= 0.3 is 6.09 Å². The molecule has 4 rings (SSSR count). The number of nitrogens with zero attached hydrogens (tertiary/aromatic N) is 1. The molecule has 1 amide bonds. The highest BCUT2D eigenvalue weighted by atomic mass is 16.7. The standard InChI is InChI=1S/C28H43N5O11/c1-3-17-21(34)26(41-13-28(17,2)37)44-24-20(31)10-19(30)23(22(24)35)43-25-18(29)9-8-16(42-25)11-32-27(36)40-12-14-4-6-15(7-5-14)33(38)39/h4-8,17-26,34-35,37H,3,9-13,29-31H2,1-2H3,(H,32,36). The first kappa shape index (κ1) is 34.0. The van der Waals surface area contributed by atoms with Crippen molar-refractivity contribution in [1.82, 2.24) is 5.32 Å². The molecule has 11 atom stereocenters. The number of carbonyl (C=O) groups is 1. The minimum absolute atomic E-state index is 0.0408. The Balaban J connectivity index is 1.30. The van der Waals surface area contributed by atoms with E-state index in [1.54, 1.807) is 13.0 Å². The molecule has 2 fully saturated rings. The fraction of sp³-hybridized carbons (Fsp3) is 0.679. The molecule has 11 unspecified atom stereocenters. The maximum atomic E-state index is 12.2. The monoisotopic (exact) mass is 625 g/mol. The molecule has 2 heterocycles. The average Bonchev–Trinajstić information content (AvgIpc) is 2.97. The largest absolute Gasteiger partial charge is 0.466 e. The third-order valence-corrected chi connectivity index (χ3v) is 8.27. The second kappa shape index (κ2) is 14.4. The van der Waals surface area contributed by atoms with Gasteiger partial charge in [0.15, 0.2) is 6.29 Å². The molecule has 16 heteroatoms. The van der Waals surface area contributed by atoms with Crippen LogP contribution in [0.2, 0.25) is 0 Å². The zero-order chi connectivity index (χ0) is 32.2. The van der Waals surface area contributed by atoms with Gasteiger partial charge in [-0.05, 0) is 50.0 Å². The molecule has 1 saturated carbocycles. The number of amides is 1. The van der Waals surface area contributed by atoms with E-state index in [1.165, 1.54) is 24.3 Å². The summed E-state index contributed by atoms with van der Waals surface area (Å²) in [7, 11) is 0. The van der Waals surface area contributed by atoms with Crippen LogP contribution in [0.4, 0.5) is 10.5 Å². The third-order valence-electron chi connectivity index (χ3n) is 8.27. The van der Waals surface area contributed by atoms with Crippen LogP contribution in [0.1, 0.15) is 38.7 Å². The normalized spacial score (nSPS) is 37.4. The van der Waals surface area contributed by atoms with E-state index in [0.717, 1.165) is 0 Å². The van der Waals surface area contributed by atoms with Crippen molar-refractivity contribution in [2.75, 3.05) is 13.2 Å². The molecule has 0 aromatic heterocycles. The van der Waals surface area contributed by atoms with Crippen LogP contribution in [0.3, 0.4) is 0 Å². The van der Waals surface area contributed by atoms with E-state index < -0.39 is 77.7 Å². The Morgan fingerprint density at radius 3 is 2.34 bits per heavy atom. The lowest BCUT2D eigenvalue weighted by molar-refractivity contribution is -0.384. The number of nitrogens with two attached hydrogens (primary N) is 3. The van der Waals surface area contributed by atoms with Gasteiger partial charge in [-0.2, -0.15) is 0 Å². The predicted molar refractivity (Wildman–Crippen MR) is 153 cm³/mol. The number of aliphatic hydroxyl groups excluding tert-OH is 2. The number of nitro benzene ring substituents is 1. The van der Waals surface area contributed by atoms with Gasteiger partial charge in [0.05, 0.1) is 29.7 Å². The number of nitro groups is 1. The van der Waals surface area contributed by atoms with Crippen molar-refractivity contribution < 1.29 is 48.7 Å². The lowest BCUT2D eigenvalue weighted by Crippen LogP contribution is -2.66. The fourth-order valence-electron chi connectivity index (χ4n) is 5.74. The minimum Gasteiger partial charge on any atom is -0.466 e. The van der Waals surface area contributed by atoms with Crippen LogP contribution in [-0.4, -0.2) is 100 Å². The molecule has 1 saturated heterocycles. The maximum absolute atomic E-state index is 12.2. The summed E-state index contributed by atoms with van der Waals surface area (Å²) in [4.78, 5) is 22.5. The number of carbonyl (C=O) groups excluding carboxylic acids is 1. The first-order valence-electron chi connectivity index (χ1n) is 14.6. The van der Waals surface area contributed by atoms with Gasteiger partial charge in [-0.1, -0.05) is 6.92 Å². The van der Waals surface area contributed by atoms with Gasteiger partial charge in [0, 0.05) is 30.1 Å². The summed E-state index contributed by atoms with van der Waals surface area (Å²) in [6.07, 6.45) is -4.65. The summed E-state index contributed by atoms with van der Waals surface area (Å²) in [6.45, 7) is 3.22. The van der Waals surface area contributed by atoms with Gasteiger partial charge in [0.25, 0.3) is 5.69 Å². The van der Waals surface area contributed by atoms with Crippen molar-refractivity contribution in [3.05, 3.63) is 51.8 Å². The lowest BCUT2D eigenvalue weighted by Gasteiger charge is -2.48. The van der Waals surface area contributed by atoms with E-state index in [9.17, 15) is 30.2 Å². The van der Waals surface area contributed by atoms with Crippen LogP contribution in [0, 0.1) is 16.0 Å². The second-order valence-electron chi connectivity index (χ2n) is 11.7. The fourth-order valence-corrected chi connectivity index (χ4v) is 5.74. The molecule has 3 aliphatic rings. The molecule has 1 aromatic carbocycles. The Kier molecular flexibility index (Phi) is 11.1. The summed E-state index contributed by atoms with van der Waals surface area (Å²) in [5.41, 5.74) is 18.1. The number of hydrogen-bond acceptors (Lipinski definition) is 14. The highest BCUT2D eigenvalue weighted by Gasteiger charge is 2.50. The number of non-ortho nitro benzene ring substituents is 1. The van der Waals surface area contributed by atoms with Crippen LogP contribution in [0.25, 0.3) is 0 Å². The predicted octanol–water partition coefficient (Wildman–Crippen LogP) is -0.537. The van der Waals surface area contributed by atoms with Crippen LogP contribution < -0.4 is 22.5 Å². The molecular formula is C28H43N5O11. The summed E-state index contributed by atoms with van der Waals surface area (Å²) in [6, 6.07) is 3.61. The molecule has 0 bridgehead atoms. The topological polar surface area (TPSA) is 257 Å². The van der Waals surface area contributed by atoms with Gasteiger partial charge in [0.2, 0.25) is 6.29 Å². The average molecular weight is 626 g/mol. The van der Waals surface area contributed by atoms with Gasteiger partial charge in [-0.25, -0.2) is 4.79 Å². The molecular weight excluding hydrogens is 582 g/mol. The van der Waals surface area contributed by atoms with Gasteiger partial charge in [-0.15, -0.1) is 0 Å². The Morgan fingerprint density at radius 2 is 1.73 bits per heavy atom. The van der Waals surface area contributed by atoms with E-state index in [1.807, 2.05) is 6.92 Å². The second-order valence-corrected chi connectivity index (χ2v) is 11.7. The molecule has 1 aromatic rings.